The average Bonchev–Trinajstić information content (AvgIpc) is 3.03. The number of carbonyl (C=O) groups excluding carboxylic acids is 1. The van der Waals surface area contributed by atoms with Crippen LogP contribution in [0.25, 0.3) is 0 Å². The summed E-state index contributed by atoms with van der Waals surface area (Å²) >= 11 is 0. The number of nitrogens with one attached hydrogen (secondary N) is 1. The van der Waals surface area contributed by atoms with Crippen LogP contribution in [-0.2, 0) is 15.4 Å². The van der Waals surface area contributed by atoms with Gasteiger partial charge in [0.1, 0.15) is 5.82 Å². The zero-order valence-corrected chi connectivity index (χ0v) is 19.7. The van der Waals surface area contributed by atoms with Gasteiger partial charge >= 0.3 is 6.03 Å². The van der Waals surface area contributed by atoms with Crippen molar-refractivity contribution in [3.05, 3.63) is 53.5 Å². The minimum Gasteiger partial charge on any atom is -0.330 e. The summed E-state index contributed by atoms with van der Waals surface area (Å²) in [6, 6.07) is 9.67. The maximum absolute atomic E-state index is 14.0. The number of nitrogens with zero attached hydrogens (tertiary/aromatic N) is 3. The Bertz CT molecular complexity index is 1160. The molecular formula is C23H29FN4O3S. The molecule has 1 spiro atoms. The van der Waals surface area contributed by atoms with E-state index in [0.29, 0.717) is 17.9 Å². The van der Waals surface area contributed by atoms with Crippen LogP contribution in [0.15, 0.2) is 41.4 Å². The highest BCUT2D eigenvalue weighted by molar-refractivity contribution is 7.90. The molecule has 2 aliphatic rings. The summed E-state index contributed by atoms with van der Waals surface area (Å²) in [5.41, 5.74) is 1.39. The first kappa shape index (κ1) is 22.7. The maximum Gasteiger partial charge on any atom is 0.322 e. The number of aromatic nitrogens is 1. The number of hydrogen-bond acceptors (Lipinski definition) is 5. The standard InChI is InChI=1S/C23H29FN4O3S/c1-16-19(8-9-20(25-16)32(4,30)31)28-15-22(26-21(28)29)10-12-23(13-11-22,27(2)3)17-6-5-7-18(24)14-17/h5-9,14H,10-13,15H2,1-4H3,(H,26,29). The van der Waals surface area contributed by atoms with E-state index in [1.807, 2.05) is 20.2 Å². The normalized spacial score (nSPS) is 26.1. The van der Waals surface area contributed by atoms with Crippen LogP contribution in [0, 0.1) is 12.7 Å². The van der Waals surface area contributed by atoms with Crippen molar-refractivity contribution in [3.63, 3.8) is 0 Å². The average molecular weight is 461 g/mol. The smallest absolute Gasteiger partial charge is 0.322 e. The van der Waals surface area contributed by atoms with Crippen molar-refractivity contribution < 1.29 is 17.6 Å². The number of rotatable bonds is 4. The molecule has 4 rings (SSSR count). The summed E-state index contributed by atoms with van der Waals surface area (Å²) in [7, 11) is 0.611. The van der Waals surface area contributed by atoms with Gasteiger partial charge in [-0.1, -0.05) is 12.1 Å². The van der Waals surface area contributed by atoms with Crippen molar-refractivity contribution in [1.29, 1.82) is 0 Å². The summed E-state index contributed by atoms with van der Waals surface area (Å²) in [6.07, 6.45) is 4.17. The van der Waals surface area contributed by atoms with Gasteiger partial charge in [-0.2, -0.15) is 0 Å². The van der Waals surface area contributed by atoms with E-state index < -0.39 is 9.84 Å². The predicted octanol–water partition coefficient (Wildman–Crippen LogP) is 3.23. The highest BCUT2D eigenvalue weighted by Gasteiger charge is 2.50. The lowest BCUT2D eigenvalue weighted by Crippen LogP contribution is -2.54. The minimum absolute atomic E-state index is 0.00315. The molecule has 7 nitrogen and oxygen atoms in total. The molecule has 0 atom stereocenters. The molecule has 1 aliphatic carbocycles. The van der Waals surface area contributed by atoms with Crippen LogP contribution >= 0.6 is 0 Å². The van der Waals surface area contributed by atoms with Gasteiger partial charge in [-0.25, -0.2) is 22.6 Å². The van der Waals surface area contributed by atoms with Crippen molar-refractivity contribution in [1.82, 2.24) is 15.2 Å². The lowest BCUT2D eigenvalue weighted by atomic mass is 9.69. The molecule has 0 bridgehead atoms. The van der Waals surface area contributed by atoms with E-state index in [2.05, 4.69) is 15.2 Å². The Kier molecular flexibility index (Phi) is 5.53. The number of hydrogen-bond donors (Lipinski definition) is 1. The second-order valence-corrected chi connectivity index (χ2v) is 11.2. The van der Waals surface area contributed by atoms with Gasteiger partial charge in [-0.3, -0.25) is 9.80 Å². The van der Waals surface area contributed by atoms with Gasteiger partial charge in [-0.15, -0.1) is 0 Å². The zero-order valence-electron chi connectivity index (χ0n) is 18.9. The number of urea groups is 1. The largest absolute Gasteiger partial charge is 0.330 e. The predicted molar refractivity (Wildman–Crippen MR) is 121 cm³/mol. The van der Waals surface area contributed by atoms with Gasteiger partial charge < -0.3 is 5.32 Å². The molecule has 32 heavy (non-hydrogen) atoms. The third kappa shape index (κ3) is 3.88. The molecule has 1 N–H and O–H groups in total. The Labute approximate surface area is 188 Å². The van der Waals surface area contributed by atoms with Crippen LogP contribution in [-0.4, -0.2) is 56.8 Å². The first-order chi connectivity index (χ1) is 15.0. The molecular weight excluding hydrogens is 431 g/mol. The second kappa shape index (κ2) is 7.81. The number of sulfone groups is 1. The molecule has 1 aromatic heterocycles. The fourth-order valence-electron chi connectivity index (χ4n) is 5.12. The van der Waals surface area contributed by atoms with E-state index in [-0.39, 0.29) is 28.0 Å². The van der Waals surface area contributed by atoms with Gasteiger partial charge in [0.15, 0.2) is 14.9 Å². The highest BCUT2D eigenvalue weighted by Crippen LogP contribution is 2.46. The van der Waals surface area contributed by atoms with E-state index in [1.54, 1.807) is 30.0 Å². The van der Waals surface area contributed by atoms with Crippen molar-refractivity contribution in [2.75, 3.05) is 31.8 Å². The SMILES string of the molecule is Cc1nc(S(C)(=O)=O)ccc1N1CC2(CCC(c3cccc(F)c3)(N(C)C)CC2)NC1=O. The number of aryl methyl sites for hydroxylation is 1. The number of halogens is 1. The fourth-order valence-corrected chi connectivity index (χ4v) is 5.74. The van der Waals surface area contributed by atoms with E-state index in [9.17, 15) is 17.6 Å². The number of anilines is 1. The van der Waals surface area contributed by atoms with E-state index in [4.69, 9.17) is 0 Å². The first-order valence-corrected chi connectivity index (χ1v) is 12.6. The lowest BCUT2D eigenvalue weighted by Gasteiger charge is -2.48. The summed E-state index contributed by atoms with van der Waals surface area (Å²) in [5, 5.41) is 3.17. The van der Waals surface area contributed by atoms with Crippen molar-refractivity contribution in [2.45, 2.75) is 48.7 Å². The van der Waals surface area contributed by atoms with Crippen LogP contribution in [0.1, 0.15) is 36.9 Å². The lowest BCUT2D eigenvalue weighted by molar-refractivity contribution is 0.0655. The van der Waals surface area contributed by atoms with Crippen LogP contribution in [0.4, 0.5) is 14.9 Å². The van der Waals surface area contributed by atoms with Crippen LogP contribution in [0.3, 0.4) is 0 Å². The monoisotopic (exact) mass is 460 g/mol. The molecule has 9 heteroatoms. The Morgan fingerprint density at radius 2 is 1.81 bits per heavy atom. The van der Waals surface area contributed by atoms with Gasteiger partial charge in [0.2, 0.25) is 0 Å². The highest BCUT2D eigenvalue weighted by atomic mass is 32.2. The summed E-state index contributed by atoms with van der Waals surface area (Å²) in [4.78, 5) is 20.9. The van der Waals surface area contributed by atoms with Crippen LogP contribution < -0.4 is 10.2 Å². The molecule has 172 valence electrons. The summed E-state index contributed by atoms with van der Waals surface area (Å²) in [6.45, 7) is 2.20. The van der Waals surface area contributed by atoms with Crippen LogP contribution in [0.2, 0.25) is 0 Å². The molecule has 1 aromatic carbocycles. The molecule has 0 unspecified atom stereocenters. The van der Waals surface area contributed by atoms with E-state index >= 15 is 0 Å². The van der Waals surface area contributed by atoms with E-state index in [1.165, 1.54) is 12.1 Å². The second-order valence-electron chi connectivity index (χ2n) is 9.26. The number of benzene rings is 1. The molecule has 1 saturated heterocycles. The summed E-state index contributed by atoms with van der Waals surface area (Å²) < 4.78 is 37.5. The number of pyridine rings is 1. The van der Waals surface area contributed by atoms with Gasteiger partial charge in [0.25, 0.3) is 0 Å². The third-order valence-electron chi connectivity index (χ3n) is 7.03. The number of carbonyl (C=O) groups is 1. The third-order valence-corrected chi connectivity index (χ3v) is 8.02. The topological polar surface area (TPSA) is 82.6 Å². The Morgan fingerprint density at radius 3 is 2.38 bits per heavy atom. The molecule has 2 aromatic rings. The van der Waals surface area contributed by atoms with Gasteiger partial charge in [0, 0.05) is 11.8 Å². The Hall–Kier alpha value is -2.52. The Morgan fingerprint density at radius 1 is 1.12 bits per heavy atom. The van der Waals surface area contributed by atoms with E-state index in [0.717, 1.165) is 37.5 Å². The van der Waals surface area contributed by atoms with Gasteiger partial charge in [0.05, 0.1) is 23.5 Å². The molecule has 2 heterocycles. The fraction of sp³-hybridized carbons (Fsp3) is 0.478. The molecule has 1 saturated carbocycles. The quantitative estimate of drug-likeness (QED) is 0.758. The Balaban J connectivity index is 1.57. The maximum atomic E-state index is 14.0. The van der Waals surface area contributed by atoms with Crippen molar-refractivity contribution >= 4 is 21.6 Å². The number of amides is 2. The zero-order chi connectivity index (χ0) is 23.3. The molecule has 2 fully saturated rings. The van der Waals surface area contributed by atoms with Gasteiger partial charge in [-0.05, 0) is 76.5 Å². The summed E-state index contributed by atoms with van der Waals surface area (Å²) in [5.74, 6) is -0.245. The molecule has 2 amide bonds. The molecule has 0 radical (unpaired) electrons. The first-order valence-electron chi connectivity index (χ1n) is 10.7. The van der Waals surface area contributed by atoms with Crippen molar-refractivity contribution in [2.24, 2.45) is 0 Å². The minimum atomic E-state index is -3.42. The van der Waals surface area contributed by atoms with Crippen LogP contribution in [0.5, 0.6) is 0 Å². The van der Waals surface area contributed by atoms with Crippen molar-refractivity contribution in [3.8, 4) is 0 Å². The molecule has 1 aliphatic heterocycles.